The molecule has 0 unspecified atom stereocenters. The maximum atomic E-state index is 11.2. The molecule has 3 heteroatoms. The quantitative estimate of drug-likeness (QED) is 0.646. The maximum Gasteiger partial charge on any atom is 0.311 e. The van der Waals surface area contributed by atoms with Gasteiger partial charge in [-0.3, -0.25) is 4.79 Å². The Bertz CT molecular complexity index is 145. The van der Waals surface area contributed by atoms with Gasteiger partial charge in [0.05, 0.1) is 19.1 Å². The third kappa shape index (κ3) is 4.27. The van der Waals surface area contributed by atoms with Crippen molar-refractivity contribution in [1.82, 2.24) is 0 Å². The average Bonchev–Trinajstić information content (AvgIpc) is 2.17. The molecule has 0 amide bonds. The summed E-state index contributed by atoms with van der Waals surface area (Å²) in [5.74, 6) is -0.627. The first-order chi connectivity index (χ1) is 6.17. The summed E-state index contributed by atoms with van der Waals surface area (Å²) in [6, 6.07) is 0. The van der Waals surface area contributed by atoms with Crippen LogP contribution in [0.25, 0.3) is 0 Å². The number of rotatable bonds is 6. The number of carbonyl (C=O) groups excluding carboxylic acids is 1. The number of carbonyl (C=O) groups is 1. The van der Waals surface area contributed by atoms with Crippen molar-refractivity contribution in [2.45, 2.75) is 45.6 Å². The number of ether oxygens (including phenoxy) is 1. The first kappa shape index (κ1) is 12.4. The Kier molecular flexibility index (Phi) is 6.59. The summed E-state index contributed by atoms with van der Waals surface area (Å²) in [5, 5.41) is 9.55. The molecule has 0 spiro atoms. The largest absolute Gasteiger partial charge is 0.469 e. The molecule has 0 aromatic carbocycles. The standard InChI is InChI=1S/C10H20O3/c1-4-6-7-8(9(11)5-2)10(12)13-3/h8-9,11H,4-7H2,1-3H3/t8-,9-/m1/s1. The van der Waals surface area contributed by atoms with Crippen LogP contribution in [0.5, 0.6) is 0 Å². The lowest BCUT2D eigenvalue weighted by Crippen LogP contribution is -2.28. The molecule has 2 atom stereocenters. The molecule has 0 aliphatic heterocycles. The summed E-state index contributed by atoms with van der Waals surface area (Å²) < 4.78 is 4.63. The summed E-state index contributed by atoms with van der Waals surface area (Å²) in [6.45, 7) is 3.93. The number of hydrogen-bond donors (Lipinski definition) is 1. The van der Waals surface area contributed by atoms with Crippen molar-refractivity contribution in [3.05, 3.63) is 0 Å². The predicted molar refractivity (Wildman–Crippen MR) is 51.3 cm³/mol. The Hall–Kier alpha value is -0.570. The predicted octanol–water partition coefficient (Wildman–Crippen LogP) is 1.74. The second-order valence-corrected chi connectivity index (χ2v) is 3.25. The molecule has 0 aliphatic rings. The van der Waals surface area contributed by atoms with Crippen LogP contribution in [0.3, 0.4) is 0 Å². The number of methoxy groups -OCH3 is 1. The van der Waals surface area contributed by atoms with Gasteiger partial charge in [-0.1, -0.05) is 26.7 Å². The minimum atomic E-state index is -0.556. The van der Waals surface area contributed by atoms with Gasteiger partial charge in [0.1, 0.15) is 0 Å². The summed E-state index contributed by atoms with van der Waals surface area (Å²) in [5.41, 5.74) is 0. The highest BCUT2D eigenvalue weighted by atomic mass is 16.5. The highest BCUT2D eigenvalue weighted by molar-refractivity contribution is 5.72. The fourth-order valence-corrected chi connectivity index (χ4v) is 1.33. The van der Waals surface area contributed by atoms with Crippen molar-refractivity contribution in [2.75, 3.05) is 7.11 Å². The van der Waals surface area contributed by atoms with Gasteiger partial charge < -0.3 is 9.84 Å². The molecule has 0 saturated carbocycles. The molecule has 0 saturated heterocycles. The molecule has 13 heavy (non-hydrogen) atoms. The fourth-order valence-electron chi connectivity index (χ4n) is 1.33. The molecule has 0 bridgehead atoms. The Balaban J connectivity index is 4.09. The maximum absolute atomic E-state index is 11.2. The second-order valence-electron chi connectivity index (χ2n) is 3.25. The lowest BCUT2D eigenvalue weighted by atomic mass is 9.94. The number of unbranched alkanes of at least 4 members (excludes halogenated alkanes) is 1. The van der Waals surface area contributed by atoms with Crippen LogP contribution in [-0.2, 0) is 9.53 Å². The molecular weight excluding hydrogens is 168 g/mol. The van der Waals surface area contributed by atoms with E-state index in [4.69, 9.17) is 0 Å². The van der Waals surface area contributed by atoms with E-state index in [2.05, 4.69) is 11.7 Å². The summed E-state index contributed by atoms with van der Waals surface area (Å²) in [6.07, 6.45) is 2.75. The fraction of sp³-hybridized carbons (Fsp3) is 0.900. The monoisotopic (exact) mass is 188 g/mol. The first-order valence-electron chi connectivity index (χ1n) is 4.93. The number of esters is 1. The van der Waals surface area contributed by atoms with Crippen molar-refractivity contribution in [3.8, 4) is 0 Å². The third-order valence-electron chi connectivity index (χ3n) is 2.26. The number of aliphatic hydroxyl groups is 1. The zero-order chi connectivity index (χ0) is 10.3. The van der Waals surface area contributed by atoms with Crippen molar-refractivity contribution < 1.29 is 14.6 Å². The van der Waals surface area contributed by atoms with Crippen LogP contribution in [0.1, 0.15) is 39.5 Å². The zero-order valence-corrected chi connectivity index (χ0v) is 8.75. The van der Waals surface area contributed by atoms with Crippen LogP contribution in [0.15, 0.2) is 0 Å². The molecule has 0 aliphatic carbocycles. The van der Waals surface area contributed by atoms with Crippen molar-refractivity contribution in [2.24, 2.45) is 5.92 Å². The minimum absolute atomic E-state index is 0.289. The van der Waals surface area contributed by atoms with E-state index in [0.717, 1.165) is 19.3 Å². The number of aliphatic hydroxyl groups excluding tert-OH is 1. The molecule has 0 aromatic heterocycles. The van der Waals surface area contributed by atoms with E-state index < -0.39 is 6.10 Å². The summed E-state index contributed by atoms with van der Waals surface area (Å²) >= 11 is 0. The summed E-state index contributed by atoms with van der Waals surface area (Å²) in [4.78, 5) is 11.2. The van der Waals surface area contributed by atoms with Crippen LogP contribution in [-0.4, -0.2) is 24.3 Å². The van der Waals surface area contributed by atoms with Gasteiger partial charge in [-0.25, -0.2) is 0 Å². The van der Waals surface area contributed by atoms with Gasteiger partial charge in [0, 0.05) is 0 Å². The molecule has 0 radical (unpaired) electrons. The highest BCUT2D eigenvalue weighted by Crippen LogP contribution is 2.16. The van der Waals surface area contributed by atoms with E-state index in [1.165, 1.54) is 7.11 Å². The van der Waals surface area contributed by atoms with E-state index in [1.54, 1.807) is 0 Å². The van der Waals surface area contributed by atoms with Gasteiger partial charge in [0.15, 0.2) is 0 Å². The highest BCUT2D eigenvalue weighted by Gasteiger charge is 2.25. The van der Waals surface area contributed by atoms with Crippen LogP contribution in [0.2, 0.25) is 0 Å². The SMILES string of the molecule is CCCC[C@@H](C(=O)OC)[C@H](O)CC. The van der Waals surface area contributed by atoms with Gasteiger partial charge in [-0.05, 0) is 12.8 Å². The van der Waals surface area contributed by atoms with Crippen molar-refractivity contribution in [1.29, 1.82) is 0 Å². The van der Waals surface area contributed by atoms with Crippen molar-refractivity contribution in [3.63, 3.8) is 0 Å². The lowest BCUT2D eigenvalue weighted by molar-refractivity contribution is -0.149. The Morgan fingerprint density at radius 2 is 2.08 bits per heavy atom. The zero-order valence-electron chi connectivity index (χ0n) is 8.75. The molecule has 78 valence electrons. The normalized spacial score (nSPS) is 15.1. The Morgan fingerprint density at radius 1 is 1.46 bits per heavy atom. The average molecular weight is 188 g/mol. The number of hydrogen-bond acceptors (Lipinski definition) is 3. The van der Waals surface area contributed by atoms with Gasteiger partial charge in [0.2, 0.25) is 0 Å². The van der Waals surface area contributed by atoms with Gasteiger partial charge >= 0.3 is 5.97 Å². The third-order valence-corrected chi connectivity index (χ3v) is 2.26. The van der Waals surface area contributed by atoms with Gasteiger partial charge in [0.25, 0.3) is 0 Å². The molecular formula is C10H20O3. The molecule has 0 fully saturated rings. The van der Waals surface area contributed by atoms with Crippen LogP contribution in [0.4, 0.5) is 0 Å². The van der Waals surface area contributed by atoms with Crippen LogP contribution < -0.4 is 0 Å². The topological polar surface area (TPSA) is 46.5 Å². The summed E-state index contributed by atoms with van der Waals surface area (Å²) in [7, 11) is 1.36. The Labute approximate surface area is 80.1 Å². The smallest absolute Gasteiger partial charge is 0.311 e. The van der Waals surface area contributed by atoms with E-state index in [0.29, 0.717) is 6.42 Å². The second kappa shape index (κ2) is 6.89. The van der Waals surface area contributed by atoms with Gasteiger partial charge in [-0.15, -0.1) is 0 Å². The first-order valence-corrected chi connectivity index (χ1v) is 4.93. The Morgan fingerprint density at radius 3 is 2.46 bits per heavy atom. The molecule has 0 heterocycles. The minimum Gasteiger partial charge on any atom is -0.469 e. The van der Waals surface area contributed by atoms with E-state index >= 15 is 0 Å². The van der Waals surface area contributed by atoms with Crippen LogP contribution in [0, 0.1) is 5.92 Å². The molecule has 0 rings (SSSR count). The molecule has 3 nitrogen and oxygen atoms in total. The van der Waals surface area contributed by atoms with E-state index in [9.17, 15) is 9.90 Å². The molecule has 0 aromatic rings. The van der Waals surface area contributed by atoms with Crippen LogP contribution >= 0.6 is 0 Å². The van der Waals surface area contributed by atoms with Crippen molar-refractivity contribution >= 4 is 5.97 Å². The van der Waals surface area contributed by atoms with E-state index in [1.807, 2.05) is 6.92 Å². The van der Waals surface area contributed by atoms with E-state index in [-0.39, 0.29) is 11.9 Å². The van der Waals surface area contributed by atoms with Gasteiger partial charge in [-0.2, -0.15) is 0 Å². The molecule has 1 N–H and O–H groups in total. The lowest BCUT2D eigenvalue weighted by Gasteiger charge is -2.18.